The first-order valence-electron chi connectivity index (χ1n) is 12.8. The van der Waals surface area contributed by atoms with Crippen LogP contribution in [0.15, 0.2) is 29.7 Å². The van der Waals surface area contributed by atoms with Gasteiger partial charge in [0.1, 0.15) is 30.5 Å². The van der Waals surface area contributed by atoms with E-state index in [1.54, 1.807) is 13.0 Å². The minimum atomic E-state index is -4.14. The van der Waals surface area contributed by atoms with Crippen molar-refractivity contribution < 1.29 is 36.7 Å². The normalized spacial score (nSPS) is 39.2. The molecule has 3 fully saturated rings. The molecule has 0 aromatic carbocycles. The number of aromatic amines is 1. The van der Waals surface area contributed by atoms with Crippen molar-refractivity contribution >= 4 is 60.5 Å². The Hall–Kier alpha value is -2.05. The third-order valence-corrected chi connectivity index (χ3v) is 10.6. The molecule has 16 nitrogen and oxygen atoms in total. The smallest absolute Gasteiger partial charge is 0.369 e. The summed E-state index contributed by atoms with van der Waals surface area (Å²) in [5.41, 5.74) is 5.28. The van der Waals surface area contributed by atoms with Crippen molar-refractivity contribution in [2.24, 2.45) is 11.8 Å². The lowest BCUT2D eigenvalue weighted by atomic mass is 10.0. The van der Waals surface area contributed by atoms with Crippen molar-refractivity contribution in [3.63, 3.8) is 0 Å². The van der Waals surface area contributed by atoms with E-state index in [2.05, 4.69) is 42.5 Å². The molecule has 228 valence electrons. The SMILES string of the molecule is C[C@H]1[C@H]2OP(O)(=S)OC[C@H]3C[C@@H](Nc4ccncn4)[C@@H](F)[C@@H]3OP(=O)(S)OC[C@H]1O[C@H]2n1cnc2c(=O)[nH]c(N)nc21. The number of imidazole rings is 1. The number of aromatic nitrogens is 6. The van der Waals surface area contributed by atoms with Crippen LogP contribution in [0, 0.1) is 11.8 Å². The highest BCUT2D eigenvalue weighted by atomic mass is 32.7. The van der Waals surface area contributed by atoms with Crippen LogP contribution in [0.2, 0.25) is 0 Å². The number of H-pyrrole nitrogens is 1. The number of halogens is 1. The van der Waals surface area contributed by atoms with Crippen LogP contribution in [0.4, 0.5) is 16.2 Å². The molecule has 0 spiro atoms. The van der Waals surface area contributed by atoms with Gasteiger partial charge in [0.2, 0.25) is 5.95 Å². The molecule has 6 rings (SSSR count). The second-order valence-electron chi connectivity index (χ2n) is 10.2. The summed E-state index contributed by atoms with van der Waals surface area (Å²) in [4.78, 5) is 42.0. The molecule has 3 aliphatic rings. The third kappa shape index (κ3) is 6.00. The maximum atomic E-state index is 15.7. The number of alkyl halides is 1. The Morgan fingerprint density at radius 2 is 2.10 bits per heavy atom. The van der Waals surface area contributed by atoms with Gasteiger partial charge in [-0.15, -0.1) is 0 Å². The predicted octanol–water partition coefficient (Wildman–Crippen LogP) is 1.94. The van der Waals surface area contributed by atoms with Gasteiger partial charge in [-0.2, -0.15) is 4.98 Å². The summed E-state index contributed by atoms with van der Waals surface area (Å²) in [5.74, 6) is -1.02. The van der Waals surface area contributed by atoms with Crippen LogP contribution in [-0.2, 0) is 39.2 Å². The fraction of sp³-hybridized carbons (Fsp3) is 0.571. The second kappa shape index (κ2) is 11.5. The van der Waals surface area contributed by atoms with Gasteiger partial charge in [0.05, 0.1) is 31.7 Å². The molecule has 2 bridgehead atoms. The monoisotopic (exact) mass is 664 g/mol. The fourth-order valence-corrected chi connectivity index (χ4v) is 8.40. The fourth-order valence-electron chi connectivity index (χ4n) is 5.36. The van der Waals surface area contributed by atoms with Crippen LogP contribution in [0.3, 0.4) is 0 Å². The van der Waals surface area contributed by atoms with Crippen LogP contribution in [0.1, 0.15) is 19.6 Å². The molecule has 21 heteroatoms. The van der Waals surface area contributed by atoms with E-state index in [0.29, 0.717) is 5.82 Å². The Balaban J connectivity index is 1.29. The Morgan fingerprint density at radius 1 is 1.29 bits per heavy atom. The van der Waals surface area contributed by atoms with Crippen LogP contribution < -0.4 is 16.6 Å². The predicted molar refractivity (Wildman–Crippen MR) is 153 cm³/mol. The molecule has 1 aliphatic carbocycles. The van der Waals surface area contributed by atoms with Crippen molar-refractivity contribution in [2.45, 2.75) is 50.1 Å². The molecule has 5 N–H and O–H groups in total. The summed E-state index contributed by atoms with van der Waals surface area (Å²) >= 11 is 9.45. The zero-order chi connectivity index (χ0) is 29.8. The number of anilines is 2. The largest absolute Gasteiger partial charge is 0.386 e. The standard InChI is InChI=1S/C21H27FN8O8P2S2/c1-9-12-6-35-40(33,42)38-17-10(4-11(14(17)22)27-13-2-3-24-7-25-13)5-34-39(32,41)37-16(9)20(36-12)30-8-26-15-18(30)28-21(23)29-19(15)31/h2-3,7-12,14,16-17,20H,4-6H2,1H3,(H,32,41)(H,33,42)(H,24,25,27)(H3,23,28,29,31)/t9-,10-,11-,12-,14-,16-,17-,20-,39?,40?/m1/s1. The van der Waals surface area contributed by atoms with E-state index in [9.17, 15) is 14.3 Å². The van der Waals surface area contributed by atoms with Gasteiger partial charge in [0.15, 0.2) is 17.4 Å². The molecule has 5 heterocycles. The van der Waals surface area contributed by atoms with Crippen molar-refractivity contribution in [3.8, 4) is 0 Å². The Bertz CT molecular complexity index is 1620. The highest BCUT2D eigenvalue weighted by molar-refractivity contribution is 8.44. The van der Waals surface area contributed by atoms with E-state index in [1.165, 1.54) is 23.4 Å². The number of hydrogen-bond acceptors (Lipinski definition) is 14. The zero-order valence-electron chi connectivity index (χ0n) is 21.8. The Labute approximate surface area is 247 Å². The number of ether oxygens (including phenoxy) is 1. The second-order valence-corrected chi connectivity index (χ2v) is 15.8. The van der Waals surface area contributed by atoms with Gasteiger partial charge in [-0.05, 0) is 24.3 Å². The summed E-state index contributed by atoms with van der Waals surface area (Å²) in [6.07, 6.45) is -1.46. The maximum absolute atomic E-state index is 15.7. The molecule has 42 heavy (non-hydrogen) atoms. The molecule has 1 saturated carbocycles. The van der Waals surface area contributed by atoms with Gasteiger partial charge in [0.25, 0.3) is 5.56 Å². The lowest BCUT2D eigenvalue weighted by Gasteiger charge is -2.28. The van der Waals surface area contributed by atoms with Crippen LogP contribution in [0.25, 0.3) is 11.2 Å². The summed E-state index contributed by atoms with van der Waals surface area (Å²) in [5, 5.41) is 2.98. The lowest BCUT2D eigenvalue weighted by molar-refractivity contribution is -0.0489. The number of nitrogens with two attached hydrogens (primary N) is 1. The average molecular weight is 665 g/mol. The first-order chi connectivity index (χ1) is 19.9. The number of nitrogen functional groups attached to an aromatic ring is 1. The van der Waals surface area contributed by atoms with Crippen molar-refractivity contribution in [1.82, 2.24) is 29.5 Å². The number of fused-ring (bicyclic) bond motifs is 4. The van der Waals surface area contributed by atoms with Gasteiger partial charge in [0, 0.05) is 18.0 Å². The van der Waals surface area contributed by atoms with E-state index < -0.39 is 67.7 Å². The van der Waals surface area contributed by atoms with Crippen LogP contribution >= 0.6 is 25.8 Å². The first kappa shape index (κ1) is 30.0. The molecule has 3 aromatic rings. The van der Waals surface area contributed by atoms with Crippen molar-refractivity contribution in [2.75, 3.05) is 24.3 Å². The highest BCUT2D eigenvalue weighted by Crippen LogP contribution is 2.59. The topological polar surface area (TPSA) is 211 Å². The first-order valence-corrected chi connectivity index (χ1v) is 18.1. The third-order valence-electron chi connectivity index (χ3n) is 7.42. The van der Waals surface area contributed by atoms with Crippen LogP contribution in [-0.4, -0.2) is 78.1 Å². The van der Waals surface area contributed by atoms with Crippen molar-refractivity contribution in [3.05, 3.63) is 35.3 Å². The Kier molecular flexibility index (Phi) is 8.19. The van der Waals surface area contributed by atoms with E-state index in [1.807, 2.05) is 0 Å². The highest BCUT2D eigenvalue weighted by Gasteiger charge is 2.51. The number of hydrogen-bond donors (Lipinski definition) is 5. The molecule has 2 aliphatic heterocycles. The Morgan fingerprint density at radius 3 is 2.86 bits per heavy atom. The summed E-state index contributed by atoms with van der Waals surface area (Å²) in [6, 6.07) is 0.766. The molecule has 2 saturated heterocycles. The molecule has 3 aromatic heterocycles. The van der Waals surface area contributed by atoms with E-state index in [4.69, 9.17) is 40.4 Å². The van der Waals surface area contributed by atoms with Gasteiger partial charge < -0.3 is 29.7 Å². The maximum Gasteiger partial charge on any atom is 0.386 e. The minimum absolute atomic E-state index is 0.000529. The van der Waals surface area contributed by atoms with Gasteiger partial charge >= 0.3 is 13.5 Å². The number of thiol groups is 1. The number of nitrogens with zero attached hydrogens (tertiary/aromatic N) is 5. The summed E-state index contributed by atoms with van der Waals surface area (Å²) in [6.45, 7) is -6.97. The number of nitrogens with one attached hydrogen (secondary N) is 2. The molecule has 0 amide bonds. The van der Waals surface area contributed by atoms with Gasteiger partial charge in [-0.1, -0.05) is 19.2 Å². The summed E-state index contributed by atoms with van der Waals surface area (Å²) in [7, 11) is 0. The molecule has 2 unspecified atom stereocenters. The molecule has 0 radical (unpaired) electrons. The van der Waals surface area contributed by atoms with Gasteiger partial charge in [-0.25, -0.2) is 23.9 Å². The number of rotatable bonds is 3. The lowest BCUT2D eigenvalue weighted by Crippen LogP contribution is -2.34. The minimum Gasteiger partial charge on any atom is -0.369 e. The van der Waals surface area contributed by atoms with Crippen molar-refractivity contribution in [1.29, 1.82) is 0 Å². The van der Waals surface area contributed by atoms with E-state index in [-0.39, 0.29) is 36.7 Å². The van der Waals surface area contributed by atoms with E-state index >= 15 is 4.39 Å². The van der Waals surface area contributed by atoms with Gasteiger partial charge in [-0.3, -0.25) is 23.4 Å². The zero-order valence-corrected chi connectivity index (χ0v) is 25.3. The van der Waals surface area contributed by atoms with E-state index in [0.717, 1.165) is 0 Å². The van der Waals surface area contributed by atoms with Crippen LogP contribution in [0.5, 0.6) is 0 Å². The average Bonchev–Trinajstić information content (AvgIpc) is 3.57. The molecular formula is C21H27FN8O8P2S2. The molecular weight excluding hydrogens is 637 g/mol. The molecule has 10 atom stereocenters. The quantitative estimate of drug-likeness (QED) is 0.200. The summed E-state index contributed by atoms with van der Waals surface area (Å²) < 4.78 is 59.5.